The number of carboxylic acids is 1. The third-order valence-electron chi connectivity index (χ3n) is 6.94. The molecular formula is C27H32N2O5. The number of benzene rings is 2. The van der Waals surface area contributed by atoms with Gasteiger partial charge < -0.3 is 19.5 Å². The molecule has 1 fully saturated rings. The number of aliphatic imine (C=N–C) groups is 1. The number of nitrogens with zero attached hydrogens (tertiary/aromatic N) is 2. The van der Waals surface area contributed by atoms with Crippen LogP contribution in [0.15, 0.2) is 47.5 Å². The van der Waals surface area contributed by atoms with Crippen molar-refractivity contribution < 1.29 is 24.2 Å². The highest BCUT2D eigenvalue weighted by molar-refractivity contribution is 6.03. The zero-order valence-corrected chi connectivity index (χ0v) is 19.8. The van der Waals surface area contributed by atoms with Crippen LogP contribution in [0.4, 0.5) is 0 Å². The third kappa shape index (κ3) is 5.41. The number of piperidine rings is 1. The maximum atomic E-state index is 13.0. The van der Waals surface area contributed by atoms with Gasteiger partial charge in [-0.15, -0.1) is 0 Å². The van der Waals surface area contributed by atoms with Gasteiger partial charge in [-0.1, -0.05) is 30.3 Å². The van der Waals surface area contributed by atoms with Crippen molar-refractivity contribution in [1.82, 2.24) is 4.90 Å². The molecule has 2 unspecified atom stereocenters. The number of likely N-dealkylation sites (tertiary alicyclic amines) is 1. The molecule has 1 N–H and O–H groups in total. The molecule has 0 aliphatic carbocycles. The molecule has 180 valence electrons. The molecule has 2 atom stereocenters. The van der Waals surface area contributed by atoms with Crippen molar-refractivity contribution in [3.8, 4) is 11.5 Å². The van der Waals surface area contributed by atoms with Crippen LogP contribution in [-0.2, 0) is 22.4 Å². The lowest BCUT2D eigenvalue weighted by atomic mass is 9.78. The fourth-order valence-corrected chi connectivity index (χ4v) is 5.13. The smallest absolute Gasteiger partial charge is 0.303 e. The third-order valence-corrected chi connectivity index (χ3v) is 6.94. The summed E-state index contributed by atoms with van der Waals surface area (Å²) < 4.78 is 11.0. The summed E-state index contributed by atoms with van der Waals surface area (Å²) in [5, 5.41) is 9.50. The topological polar surface area (TPSA) is 88.4 Å². The number of rotatable bonds is 8. The van der Waals surface area contributed by atoms with Crippen LogP contribution in [0.2, 0.25) is 0 Å². The van der Waals surface area contributed by atoms with E-state index in [0.717, 1.165) is 28.8 Å². The van der Waals surface area contributed by atoms with Gasteiger partial charge in [0.2, 0.25) is 5.91 Å². The molecule has 2 heterocycles. The Morgan fingerprint density at radius 2 is 1.82 bits per heavy atom. The Hall–Kier alpha value is -3.35. The number of fused-ring (bicyclic) bond motifs is 1. The van der Waals surface area contributed by atoms with Crippen LogP contribution in [0.1, 0.15) is 36.0 Å². The Balaban J connectivity index is 1.54. The fourth-order valence-electron chi connectivity index (χ4n) is 5.13. The fraction of sp³-hybridized carbons (Fsp3) is 0.444. The van der Waals surface area contributed by atoms with Crippen LogP contribution in [0.3, 0.4) is 0 Å². The molecule has 34 heavy (non-hydrogen) atoms. The Kier molecular flexibility index (Phi) is 7.50. The number of carbonyl (C=O) groups is 2. The van der Waals surface area contributed by atoms with Crippen LogP contribution in [-0.4, -0.2) is 61.4 Å². The van der Waals surface area contributed by atoms with Crippen LogP contribution in [0.5, 0.6) is 11.5 Å². The van der Waals surface area contributed by atoms with Gasteiger partial charge in [0.15, 0.2) is 11.5 Å². The maximum absolute atomic E-state index is 13.0. The van der Waals surface area contributed by atoms with E-state index in [1.807, 2.05) is 47.4 Å². The van der Waals surface area contributed by atoms with Crippen LogP contribution >= 0.6 is 0 Å². The summed E-state index contributed by atoms with van der Waals surface area (Å²) >= 11 is 0. The normalized spacial score (nSPS) is 19.7. The lowest BCUT2D eigenvalue weighted by Crippen LogP contribution is -2.45. The quantitative estimate of drug-likeness (QED) is 0.645. The van der Waals surface area contributed by atoms with Gasteiger partial charge in [-0.25, -0.2) is 0 Å². The van der Waals surface area contributed by atoms with Gasteiger partial charge in [0.05, 0.1) is 20.6 Å². The number of hydrogen-bond donors (Lipinski definition) is 1. The average Bonchev–Trinajstić information content (AvgIpc) is 2.84. The number of amides is 1. The number of carboxylic acid groups (broad SMARTS) is 1. The number of aliphatic carboxylic acids is 1. The lowest BCUT2D eigenvalue weighted by molar-refractivity contribution is -0.139. The number of hydrogen-bond acceptors (Lipinski definition) is 5. The first-order valence-electron chi connectivity index (χ1n) is 11.8. The number of carbonyl (C=O) groups excluding carboxylic acids is 1. The van der Waals surface area contributed by atoms with Gasteiger partial charge in [0, 0.05) is 37.3 Å². The van der Waals surface area contributed by atoms with Crippen molar-refractivity contribution in [3.05, 3.63) is 59.2 Å². The largest absolute Gasteiger partial charge is 0.493 e. The molecule has 7 nitrogen and oxygen atoms in total. The molecule has 2 aliphatic heterocycles. The van der Waals surface area contributed by atoms with E-state index in [1.165, 1.54) is 0 Å². The molecule has 1 amide bonds. The van der Waals surface area contributed by atoms with E-state index in [1.54, 1.807) is 14.2 Å². The highest BCUT2D eigenvalue weighted by Crippen LogP contribution is 2.36. The monoisotopic (exact) mass is 464 g/mol. The zero-order chi connectivity index (χ0) is 24.1. The summed E-state index contributed by atoms with van der Waals surface area (Å²) in [6.07, 6.45) is 2.61. The minimum Gasteiger partial charge on any atom is -0.493 e. The minimum absolute atomic E-state index is 0.00601. The van der Waals surface area contributed by atoms with Gasteiger partial charge in [-0.2, -0.15) is 0 Å². The summed E-state index contributed by atoms with van der Waals surface area (Å²) in [6.45, 7) is 1.82. The van der Waals surface area contributed by atoms with Crippen molar-refractivity contribution in [2.24, 2.45) is 16.8 Å². The Morgan fingerprint density at radius 1 is 1.09 bits per heavy atom. The second-order valence-corrected chi connectivity index (χ2v) is 9.06. The van der Waals surface area contributed by atoms with E-state index < -0.39 is 5.97 Å². The van der Waals surface area contributed by atoms with E-state index >= 15 is 0 Å². The molecule has 4 rings (SSSR count). The highest BCUT2D eigenvalue weighted by Gasteiger charge is 2.34. The van der Waals surface area contributed by atoms with Crippen molar-refractivity contribution in [2.45, 2.75) is 32.1 Å². The van der Waals surface area contributed by atoms with Gasteiger partial charge >= 0.3 is 5.97 Å². The van der Waals surface area contributed by atoms with E-state index in [0.29, 0.717) is 50.4 Å². The predicted octanol–water partition coefficient (Wildman–Crippen LogP) is 3.62. The van der Waals surface area contributed by atoms with Crippen molar-refractivity contribution in [1.29, 1.82) is 0 Å². The molecule has 2 aromatic carbocycles. The Labute approximate surface area is 200 Å². The van der Waals surface area contributed by atoms with Crippen LogP contribution in [0.25, 0.3) is 0 Å². The molecule has 2 aliphatic rings. The van der Waals surface area contributed by atoms with Crippen molar-refractivity contribution in [3.63, 3.8) is 0 Å². The van der Waals surface area contributed by atoms with Crippen molar-refractivity contribution in [2.75, 3.05) is 33.9 Å². The van der Waals surface area contributed by atoms with E-state index in [2.05, 4.69) is 0 Å². The molecule has 0 aromatic heterocycles. The highest BCUT2D eigenvalue weighted by atomic mass is 16.5. The first-order chi connectivity index (χ1) is 16.5. The minimum atomic E-state index is -0.795. The second-order valence-electron chi connectivity index (χ2n) is 9.06. The van der Waals surface area contributed by atoms with Crippen LogP contribution < -0.4 is 9.47 Å². The first-order valence-corrected chi connectivity index (χ1v) is 11.8. The summed E-state index contributed by atoms with van der Waals surface area (Å²) in [6, 6.07) is 13.7. The van der Waals surface area contributed by atoms with E-state index in [9.17, 15) is 14.7 Å². The number of ether oxygens (including phenoxy) is 2. The molecule has 0 spiro atoms. The zero-order valence-electron chi connectivity index (χ0n) is 19.8. The van der Waals surface area contributed by atoms with E-state index in [4.69, 9.17) is 14.5 Å². The lowest BCUT2D eigenvalue weighted by Gasteiger charge is -2.39. The molecule has 0 radical (unpaired) electrons. The maximum Gasteiger partial charge on any atom is 0.303 e. The van der Waals surface area contributed by atoms with Crippen LogP contribution in [0, 0.1) is 11.8 Å². The van der Waals surface area contributed by atoms with Gasteiger partial charge in [-0.05, 0) is 54.4 Å². The van der Waals surface area contributed by atoms with Crippen molar-refractivity contribution >= 4 is 17.6 Å². The molecule has 2 aromatic rings. The molecule has 1 saturated heterocycles. The Morgan fingerprint density at radius 3 is 2.53 bits per heavy atom. The second kappa shape index (κ2) is 10.7. The van der Waals surface area contributed by atoms with Gasteiger partial charge in [-0.3, -0.25) is 14.6 Å². The molecule has 7 heteroatoms. The van der Waals surface area contributed by atoms with Gasteiger partial charge in [0.25, 0.3) is 0 Å². The summed E-state index contributed by atoms with van der Waals surface area (Å²) in [7, 11) is 3.24. The number of methoxy groups -OCH3 is 2. The summed E-state index contributed by atoms with van der Waals surface area (Å²) in [5.74, 6) is 0.676. The summed E-state index contributed by atoms with van der Waals surface area (Å²) in [4.78, 5) is 31.3. The van der Waals surface area contributed by atoms with E-state index in [-0.39, 0.29) is 24.2 Å². The first kappa shape index (κ1) is 23.8. The SMILES string of the molecule is COc1cc2c(cc1OC)C(CC1CN(C(=O)Cc3ccccc3)CCC1CC(=O)O)=NCC2. The average molecular weight is 465 g/mol. The molecular weight excluding hydrogens is 432 g/mol. The molecule has 0 saturated carbocycles. The van der Waals surface area contributed by atoms with Gasteiger partial charge in [0.1, 0.15) is 0 Å². The molecule has 0 bridgehead atoms. The predicted molar refractivity (Wildman–Crippen MR) is 130 cm³/mol. The standard InChI is InChI=1S/C27H32N2O5/c1-33-24-14-20-8-10-28-23(22(20)16-25(24)34-2)13-21-17-29(11-9-19(21)15-27(31)32)26(30)12-18-6-4-3-5-7-18/h3-7,14,16,19,21H,8-13,15,17H2,1-2H3,(H,31,32). The summed E-state index contributed by atoms with van der Waals surface area (Å²) in [5.41, 5.74) is 4.14. The Bertz CT molecular complexity index is 1070.